The summed E-state index contributed by atoms with van der Waals surface area (Å²) in [5.41, 5.74) is -0.127. The summed E-state index contributed by atoms with van der Waals surface area (Å²) in [6.45, 7) is 1.11. The number of esters is 1. The summed E-state index contributed by atoms with van der Waals surface area (Å²) < 4.78 is 24.5. The van der Waals surface area contributed by atoms with Gasteiger partial charge in [0.2, 0.25) is 0 Å². The van der Waals surface area contributed by atoms with Gasteiger partial charge in [-0.1, -0.05) is 42.1 Å². The molecule has 1 aliphatic rings. The Morgan fingerprint density at radius 2 is 2.04 bits per heavy atom. The van der Waals surface area contributed by atoms with E-state index >= 15 is 0 Å². The molecule has 0 unspecified atom stereocenters. The lowest BCUT2D eigenvalue weighted by Gasteiger charge is -2.31. The first kappa shape index (κ1) is 20.3. The van der Waals surface area contributed by atoms with E-state index in [-0.39, 0.29) is 39.6 Å². The molecule has 0 bridgehead atoms. The number of carbonyl (C=O) groups is 2. The van der Waals surface area contributed by atoms with Crippen molar-refractivity contribution < 1.29 is 23.2 Å². The van der Waals surface area contributed by atoms with Crippen LogP contribution >= 0.6 is 11.6 Å². The molecule has 1 aromatic heterocycles. The van der Waals surface area contributed by atoms with Crippen LogP contribution in [0.5, 0.6) is 0 Å². The largest absolute Gasteiger partial charge is 0.452 e. The molecule has 0 spiro atoms. The van der Waals surface area contributed by atoms with Gasteiger partial charge in [-0.05, 0) is 31.9 Å². The predicted molar refractivity (Wildman–Crippen MR) is 102 cm³/mol. The highest BCUT2D eigenvalue weighted by atomic mass is 35.5. The maximum atomic E-state index is 14.2. The number of likely N-dealkylation sites (N-methyl/N-ethyl adjacent to an activating group) is 1. The predicted octanol–water partition coefficient (Wildman–Crippen LogP) is 4.39. The van der Waals surface area contributed by atoms with Gasteiger partial charge < -0.3 is 14.2 Å². The Bertz CT molecular complexity index is 857. The smallest absolute Gasteiger partial charge is 0.344 e. The lowest BCUT2D eigenvalue weighted by molar-refractivity contribution is -0.135. The van der Waals surface area contributed by atoms with Gasteiger partial charge in [0.25, 0.3) is 5.91 Å². The Hall–Kier alpha value is -2.41. The highest BCUT2D eigenvalue weighted by Crippen LogP contribution is 2.33. The van der Waals surface area contributed by atoms with Crippen LogP contribution in [0, 0.1) is 12.7 Å². The number of aromatic nitrogens is 1. The van der Waals surface area contributed by atoms with Crippen LogP contribution in [0.3, 0.4) is 0 Å². The number of carbonyl (C=O) groups excluding carboxylic acids is 2. The van der Waals surface area contributed by atoms with Crippen molar-refractivity contribution in [3.05, 3.63) is 40.4 Å². The second-order valence-electron chi connectivity index (χ2n) is 6.93. The van der Waals surface area contributed by atoms with Crippen LogP contribution in [-0.2, 0) is 9.53 Å². The summed E-state index contributed by atoms with van der Waals surface area (Å²) in [5.74, 6) is -1.56. The molecule has 1 aliphatic carbocycles. The van der Waals surface area contributed by atoms with E-state index in [2.05, 4.69) is 5.16 Å². The van der Waals surface area contributed by atoms with E-state index in [1.165, 1.54) is 31.5 Å². The molecule has 1 saturated carbocycles. The molecule has 28 heavy (non-hydrogen) atoms. The maximum Gasteiger partial charge on any atom is 0.344 e. The first-order valence-electron chi connectivity index (χ1n) is 9.23. The van der Waals surface area contributed by atoms with Crippen LogP contribution in [0.4, 0.5) is 4.39 Å². The average molecular weight is 409 g/mol. The van der Waals surface area contributed by atoms with Crippen molar-refractivity contribution in [1.82, 2.24) is 10.1 Å². The fraction of sp³-hybridized carbons (Fsp3) is 0.450. The standard InChI is InChI=1S/C20H22ClFN2O4/c1-12-17(19(23-28-12)18-14(21)9-6-10-15(18)22)20(26)27-11-16(25)24(2)13-7-4-3-5-8-13/h6,9-10,13H,3-5,7-8,11H2,1-2H3. The molecule has 1 heterocycles. The highest BCUT2D eigenvalue weighted by Gasteiger charge is 2.28. The van der Waals surface area contributed by atoms with E-state index in [0.717, 1.165) is 25.7 Å². The van der Waals surface area contributed by atoms with Crippen LogP contribution in [0.1, 0.15) is 48.2 Å². The Kier molecular flexibility index (Phi) is 6.34. The van der Waals surface area contributed by atoms with E-state index in [1.54, 1.807) is 11.9 Å². The number of hydrogen-bond donors (Lipinski definition) is 0. The monoisotopic (exact) mass is 408 g/mol. The summed E-state index contributed by atoms with van der Waals surface area (Å²) in [6.07, 6.45) is 5.28. The van der Waals surface area contributed by atoms with Crippen LogP contribution in [-0.4, -0.2) is 41.6 Å². The zero-order chi connectivity index (χ0) is 20.3. The van der Waals surface area contributed by atoms with Gasteiger partial charge in [0, 0.05) is 13.1 Å². The molecule has 150 valence electrons. The van der Waals surface area contributed by atoms with Crippen molar-refractivity contribution in [2.24, 2.45) is 0 Å². The van der Waals surface area contributed by atoms with Gasteiger partial charge in [0.1, 0.15) is 22.8 Å². The normalized spacial score (nSPS) is 14.7. The van der Waals surface area contributed by atoms with Crippen molar-refractivity contribution in [2.45, 2.75) is 45.1 Å². The molecule has 0 radical (unpaired) electrons. The van der Waals surface area contributed by atoms with E-state index in [9.17, 15) is 14.0 Å². The third kappa shape index (κ3) is 4.19. The number of nitrogens with zero attached hydrogens (tertiary/aromatic N) is 2. The van der Waals surface area contributed by atoms with E-state index < -0.39 is 18.4 Å². The van der Waals surface area contributed by atoms with Gasteiger partial charge in [-0.25, -0.2) is 9.18 Å². The van der Waals surface area contributed by atoms with Crippen LogP contribution < -0.4 is 0 Å². The number of hydrogen-bond acceptors (Lipinski definition) is 5. The van der Waals surface area contributed by atoms with Crippen LogP contribution in [0.2, 0.25) is 5.02 Å². The molecule has 0 saturated heterocycles. The number of amides is 1. The number of aryl methyl sites for hydroxylation is 1. The Labute approximate surface area is 167 Å². The Morgan fingerprint density at radius 3 is 2.71 bits per heavy atom. The third-order valence-corrected chi connectivity index (χ3v) is 5.42. The Balaban J connectivity index is 1.73. The molecule has 0 N–H and O–H groups in total. The zero-order valence-electron chi connectivity index (χ0n) is 15.8. The van der Waals surface area contributed by atoms with Gasteiger partial charge in [0.15, 0.2) is 6.61 Å². The second-order valence-corrected chi connectivity index (χ2v) is 7.34. The number of halogens is 2. The minimum absolute atomic E-state index is 0.0416. The fourth-order valence-corrected chi connectivity index (χ4v) is 3.73. The van der Waals surface area contributed by atoms with Crippen LogP contribution in [0.25, 0.3) is 11.3 Å². The highest BCUT2D eigenvalue weighted by molar-refractivity contribution is 6.33. The molecule has 8 heteroatoms. The van der Waals surface area contributed by atoms with E-state index in [4.69, 9.17) is 20.9 Å². The van der Waals surface area contributed by atoms with Gasteiger partial charge in [0.05, 0.1) is 10.6 Å². The fourth-order valence-electron chi connectivity index (χ4n) is 3.48. The van der Waals surface area contributed by atoms with Crippen molar-refractivity contribution in [1.29, 1.82) is 0 Å². The lowest BCUT2D eigenvalue weighted by atomic mass is 9.94. The summed E-state index contributed by atoms with van der Waals surface area (Å²) in [5, 5.41) is 3.86. The first-order valence-corrected chi connectivity index (χ1v) is 9.61. The van der Waals surface area contributed by atoms with Crippen molar-refractivity contribution >= 4 is 23.5 Å². The molecule has 0 aliphatic heterocycles. The molecule has 1 amide bonds. The summed E-state index contributed by atoms with van der Waals surface area (Å²) in [4.78, 5) is 26.6. The Morgan fingerprint density at radius 1 is 1.32 bits per heavy atom. The number of rotatable bonds is 5. The summed E-state index contributed by atoms with van der Waals surface area (Å²) >= 11 is 6.07. The minimum Gasteiger partial charge on any atom is -0.452 e. The summed E-state index contributed by atoms with van der Waals surface area (Å²) in [7, 11) is 1.72. The van der Waals surface area contributed by atoms with Crippen LogP contribution in [0.15, 0.2) is 22.7 Å². The maximum absolute atomic E-state index is 14.2. The molecule has 1 fully saturated rings. The first-order chi connectivity index (χ1) is 13.4. The molecule has 2 aromatic rings. The van der Waals surface area contributed by atoms with Gasteiger partial charge in [-0.15, -0.1) is 0 Å². The van der Waals surface area contributed by atoms with Gasteiger partial charge in [-0.2, -0.15) is 0 Å². The van der Waals surface area contributed by atoms with E-state index in [0.29, 0.717) is 0 Å². The second kappa shape index (κ2) is 8.73. The lowest BCUT2D eigenvalue weighted by Crippen LogP contribution is -2.40. The van der Waals surface area contributed by atoms with E-state index in [1.807, 2.05) is 0 Å². The quantitative estimate of drug-likeness (QED) is 0.686. The minimum atomic E-state index is -0.807. The average Bonchev–Trinajstić information content (AvgIpc) is 3.07. The summed E-state index contributed by atoms with van der Waals surface area (Å²) in [6, 6.07) is 4.32. The molecule has 3 rings (SSSR count). The van der Waals surface area contributed by atoms with Crippen molar-refractivity contribution in [2.75, 3.05) is 13.7 Å². The SMILES string of the molecule is Cc1onc(-c2c(F)cccc2Cl)c1C(=O)OCC(=O)N(C)C1CCCCC1. The van der Waals surface area contributed by atoms with Gasteiger partial charge in [-0.3, -0.25) is 4.79 Å². The molecular weight excluding hydrogens is 387 g/mol. The third-order valence-electron chi connectivity index (χ3n) is 5.11. The van der Waals surface area contributed by atoms with Gasteiger partial charge >= 0.3 is 5.97 Å². The molecule has 6 nitrogen and oxygen atoms in total. The zero-order valence-corrected chi connectivity index (χ0v) is 16.6. The number of ether oxygens (including phenoxy) is 1. The molecule has 0 atom stereocenters. The van der Waals surface area contributed by atoms with Crippen molar-refractivity contribution in [3.8, 4) is 11.3 Å². The molecular formula is C20H22ClFN2O4. The van der Waals surface area contributed by atoms with Crippen molar-refractivity contribution in [3.63, 3.8) is 0 Å². The molecule has 1 aromatic carbocycles. The topological polar surface area (TPSA) is 72.6 Å². The number of benzene rings is 1.